The normalized spacial score (nSPS) is 10.9. The summed E-state index contributed by atoms with van der Waals surface area (Å²) < 4.78 is 6.37. The van der Waals surface area contributed by atoms with Gasteiger partial charge in [0.05, 0.1) is 12.3 Å². The van der Waals surface area contributed by atoms with Crippen LogP contribution >= 0.6 is 35.3 Å². The Morgan fingerprint density at radius 2 is 1.82 bits per heavy atom. The fourth-order valence-electron chi connectivity index (χ4n) is 2.78. The number of imidazole rings is 1. The Morgan fingerprint density at radius 1 is 1.11 bits per heavy atom. The molecule has 0 amide bonds. The largest absolute Gasteiger partial charge is 0.478 e. The molecule has 12 nitrogen and oxygen atoms in total. The highest BCUT2D eigenvalue weighted by Crippen LogP contribution is 2.27. The maximum atomic E-state index is 11.0. The number of aromatic nitrogens is 4. The standard InChI is InChI=1S/C19H23N5O3S3.C4H4O4/c1-14-15(13-28-11-8-27-2)20-7-6-16(14)29-9-3-10-30-18-5-4-17-21-12-19(24(25)26)23(17)22-18;5-3(6)1-2-4(7)8/h4-7,12H,3,8-11,13H2,1-2H3;1-2H,(H,5,6)(H,7,8). The molecule has 0 saturated heterocycles. The molecule has 0 aromatic carbocycles. The summed E-state index contributed by atoms with van der Waals surface area (Å²) >= 11 is 5.26. The summed E-state index contributed by atoms with van der Waals surface area (Å²) in [6.07, 6.45) is 5.23. The fraction of sp³-hybridized carbons (Fsp3) is 0.348. The van der Waals surface area contributed by atoms with E-state index in [2.05, 4.69) is 28.1 Å². The van der Waals surface area contributed by atoms with Crippen LogP contribution in [0.3, 0.4) is 0 Å². The number of ether oxygens (including phenoxy) is 1. The van der Waals surface area contributed by atoms with E-state index in [0.29, 0.717) is 17.8 Å². The Kier molecular flexibility index (Phi) is 13.6. The van der Waals surface area contributed by atoms with Crippen LogP contribution in [0.15, 0.2) is 52.7 Å². The first kappa shape index (κ1) is 31.1. The Morgan fingerprint density at radius 3 is 2.47 bits per heavy atom. The zero-order valence-electron chi connectivity index (χ0n) is 20.7. The van der Waals surface area contributed by atoms with Crippen molar-refractivity contribution in [2.75, 3.05) is 31.0 Å². The van der Waals surface area contributed by atoms with Gasteiger partial charge in [0.25, 0.3) is 0 Å². The maximum absolute atomic E-state index is 11.0. The number of nitro groups is 1. The van der Waals surface area contributed by atoms with Crippen LogP contribution in [-0.2, 0) is 20.1 Å². The van der Waals surface area contributed by atoms with Gasteiger partial charge in [-0.15, -0.1) is 23.5 Å². The summed E-state index contributed by atoms with van der Waals surface area (Å²) in [5.74, 6) is 1.11. The number of carboxylic acid groups (broad SMARTS) is 2. The van der Waals surface area contributed by atoms with E-state index in [0.717, 1.165) is 46.8 Å². The number of rotatable bonds is 14. The molecule has 2 N–H and O–H groups in total. The number of pyridine rings is 1. The number of carbonyl (C=O) groups is 2. The zero-order valence-corrected chi connectivity index (χ0v) is 23.1. The summed E-state index contributed by atoms with van der Waals surface area (Å²) in [5, 5.41) is 31.8. The highest BCUT2D eigenvalue weighted by molar-refractivity contribution is 8.00. The number of nitrogens with zero attached hydrogens (tertiary/aromatic N) is 5. The molecule has 3 aromatic rings. The minimum absolute atomic E-state index is 0.118. The third-order valence-electron chi connectivity index (χ3n) is 4.60. The van der Waals surface area contributed by atoms with Crippen molar-refractivity contribution in [3.63, 3.8) is 0 Å². The number of thioether (sulfide) groups is 3. The highest BCUT2D eigenvalue weighted by atomic mass is 32.2. The van der Waals surface area contributed by atoms with Crippen molar-refractivity contribution in [3.8, 4) is 0 Å². The topological polar surface area (TPSA) is 170 Å². The lowest BCUT2D eigenvalue weighted by Crippen LogP contribution is -1.99. The van der Waals surface area contributed by atoms with Gasteiger partial charge >= 0.3 is 17.8 Å². The molecule has 204 valence electrons. The van der Waals surface area contributed by atoms with Crippen molar-refractivity contribution >= 4 is 58.7 Å². The molecule has 0 aliphatic carbocycles. The van der Waals surface area contributed by atoms with Crippen LogP contribution < -0.4 is 0 Å². The van der Waals surface area contributed by atoms with Crippen LogP contribution in [0.25, 0.3) is 5.65 Å². The first-order valence-corrected chi connectivity index (χ1v) is 14.3. The summed E-state index contributed by atoms with van der Waals surface area (Å²) in [4.78, 5) is 39.5. The molecule has 3 rings (SSSR count). The minimum atomic E-state index is -1.26. The third kappa shape index (κ3) is 10.7. The lowest BCUT2D eigenvalue weighted by Gasteiger charge is -2.10. The lowest BCUT2D eigenvalue weighted by atomic mass is 10.2. The van der Waals surface area contributed by atoms with Gasteiger partial charge in [-0.05, 0) is 41.7 Å². The Hall–Kier alpha value is -3.14. The molecular formula is C23H27N5O7S3. The van der Waals surface area contributed by atoms with E-state index in [9.17, 15) is 19.7 Å². The zero-order chi connectivity index (χ0) is 27.9. The number of hydrogen-bond acceptors (Lipinski definition) is 11. The smallest absolute Gasteiger partial charge is 0.368 e. The first-order valence-electron chi connectivity index (χ1n) is 11.1. The number of methoxy groups -OCH3 is 1. The maximum Gasteiger partial charge on any atom is 0.368 e. The van der Waals surface area contributed by atoms with E-state index in [-0.39, 0.29) is 5.82 Å². The molecule has 3 aromatic heterocycles. The first-order chi connectivity index (χ1) is 18.2. The molecule has 0 aliphatic rings. The van der Waals surface area contributed by atoms with Crippen molar-refractivity contribution in [3.05, 3.63) is 64.1 Å². The van der Waals surface area contributed by atoms with Crippen LogP contribution in [0.1, 0.15) is 17.7 Å². The van der Waals surface area contributed by atoms with Gasteiger partial charge in [-0.3, -0.25) is 4.98 Å². The van der Waals surface area contributed by atoms with E-state index >= 15 is 0 Å². The molecule has 0 atom stereocenters. The van der Waals surface area contributed by atoms with Gasteiger partial charge < -0.3 is 25.1 Å². The molecule has 15 heteroatoms. The predicted octanol–water partition coefficient (Wildman–Crippen LogP) is 4.21. The molecule has 0 spiro atoms. The Labute approximate surface area is 231 Å². The van der Waals surface area contributed by atoms with Crippen molar-refractivity contribution < 1.29 is 29.5 Å². The lowest BCUT2D eigenvalue weighted by molar-refractivity contribution is -0.391. The van der Waals surface area contributed by atoms with Crippen molar-refractivity contribution in [1.29, 1.82) is 0 Å². The quantitative estimate of drug-likeness (QED) is 0.0913. The van der Waals surface area contributed by atoms with Gasteiger partial charge in [0.1, 0.15) is 11.2 Å². The van der Waals surface area contributed by atoms with E-state index < -0.39 is 16.9 Å². The number of fused-ring (bicyclic) bond motifs is 1. The van der Waals surface area contributed by atoms with E-state index in [1.54, 1.807) is 24.9 Å². The Bertz CT molecular complexity index is 1250. The van der Waals surface area contributed by atoms with Crippen molar-refractivity contribution in [1.82, 2.24) is 19.6 Å². The minimum Gasteiger partial charge on any atom is -0.478 e. The van der Waals surface area contributed by atoms with E-state index in [4.69, 9.17) is 14.9 Å². The summed E-state index contributed by atoms with van der Waals surface area (Å²) in [5.41, 5.74) is 2.86. The van der Waals surface area contributed by atoms with Gasteiger partial charge in [0.15, 0.2) is 0 Å². The van der Waals surface area contributed by atoms with Crippen LogP contribution in [-0.4, -0.2) is 77.6 Å². The third-order valence-corrected chi connectivity index (χ3v) is 7.79. The molecule has 0 unspecified atom stereocenters. The van der Waals surface area contributed by atoms with Crippen molar-refractivity contribution in [2.24, 2.45) is 0 Å². The van der Waals surface area contributed by atoms with Crippen LogP contribution in [0, 0.1) is 17.0 Å². The van der Waals surface area contributed by atoms with Crippen LogP contribution in [0.5, 0.6) is 0 Å². The van der Waals surface area contributed by atoms with Gasteiger partial charge in [-0.1, -0.05) is 9.61 Å². The fourth-order valence-corrected chi connectivity index (χ4v) is 5.68. The number of carboxylic acids is 2. The second kappa shape index (κ2) is 16.7. The molecular weight excluding hydrogens is 554 g/mol. The molecule has 0 fully saturated rings. The second-order valence-electron chi connectivity index (χ2n) is 7.30. The van der Waals surface area contributed by atoms with E-state index in [1.165, 1.54) is 21.2 Å². The molecule has 0 radical (unpaired) electrons. The number of aliphatic carboxylic acids is 2. The van der Waals surface area contributed by atoms with Gasteiger partial charge in [0.2, 0.25) is 5.65 Å². The predicted molar refractivity (Wildman–Crippen MR) is 147 cm³/mol. The van der Waals surface area contributed by atoms with E-state index in [1.807, 2.05) is 35.8 Å². The molecule has 3 heterocycles. The Balaban J connectivity index is 0.000000550. The SMILES string of the molecule is COCCSCc1nccc(SCCCSc2ccc3ncc([N+](=O)[O-])n3n2)c1C.O=C(O)C=CC(=O)O. The summed E-state index contributed by atoms with van der Waals surface area (Å²) in [6.45, 7) is 2.89. The van der Waals surface area contributed by atoms with Gasteiger partial charge in [0, 0.05) is 53.7 Å². The van der Waals surface area contributed by atoms with Gasteiger partial charge in [-0.25, -0.2) is 14.6 Å². The summed E-state index contributed by atoms with van der Waals surface area (Å²) in [7, 11) is 1.72. The highest BCUT2D eigenvalue weighted by Gasteiger charge is 2.16. The molecule has 0 saturated carbocycles. The number of hydrogen-bond donors (Lipinski definition) is 2. The van der Waals surface area contributed by atoms with Crippen LogP contribution in [0.2, 0.25) is 0 Å². The molecule has 0 aliphatic heterocycles. The monoisotopic (exact) mass is 581 g/mol. The molecule has 38 heavy (non-hydrogen) atoms. The van der Waals surface area contributed by atoms with Crippen molar-refractivity contribution in [2.45, 2.75) is 29.0 Å². The summed E-state index contributed by atoms with van der Waals surface area (Å²) in [6, 6.07) is 5.68. The van der Waals surface area contributed by atoms with Gasteiger partial charge in [-0.2, -0.15) is 11.8 Å². The second-order valence-corrected chi connectivity index (χ2v) is 10.7. The average molecular weight is 582 g/mol. The average Bonchev–Trinajstić information content (AvgIpc) is 3.31. The van der Waals surface area contributed by atoms with Crippen LogP contribution in [0.4, 0.5) is 5.82 Å². The molecule has 0 bridgehead atoms.